The Hall–Kier alpha value is -0.780. The van der Waals surface area contributed by atoms with Crippen molar-refractivity contribution in [3.8, 4) is 0 Å². The summed E-state index contributed by atoms with van der Waals surface area (Å²) in [5, 5.41) is 2.24. The molecule has 1 aliphatic heterocycles. The molecular weight excluding hydrogens is 178 g/mol. The fourth-order valence-electron chi connectivity index (χ4n) is 0.992. The lowest BCUT2D eigenvalue weighted by molar-refractivity contribution is -0.0468. The summed E-state index contributed by atoms with van der Waals surface area (Å²) < 4.78 is 10.4. The van der Waals surface area contributed by atoms with E-state index in [1.54, 1.807) is 5.38 Å². The fourth-order valence-corrected chi connectivity index (χ4v) is 1.61. The first-order valence-electron chi connectivity index (χ1n) is 3.54. The van der Waals surface area contributed by atoms with Gasteiger partial charge in [0.25, 0.3) is 0 Å². The van der Waals surface area contributed by atoms with E-state index in [0.717, 1.165) is 6.29 Å². The number of carbonyl (C=O) groups excluding carboxylic acids is 1. The minimum atomic E-state index is -0.366. The quantitative estimate of drug-likeness (QED) is 0.645. The summed E-state index contributed by atoms with van der Waals surface area (Å²) in [6.45, 7) is 1.19. The molecule has 1 fully saturated rings. The third-order valence-corrected chi connectivity index (χ3v) is 2.29. The molecule has 0 unspecified atom stereocenters. The smallest absolute Gasteiger partial charge is 0.202 e. The molecule has 4 nitrogen and oxygen atoms in total. The molecule has 1 aliphatic rings. The molecule has 12 heavy (non-hydrogen) atoms. The van der Waals surface area contributed by atoms with Crippen molar-refractivity contribution in [2.45, 2.75) is 6.29 Å². The molecule has 0 amide bonds. The number of nitrogens with zero attached hydrogens (tertiary/aromatic N) is 1. The number of aldehydes is 1. The maximum absolute atomic E-state index is 10.3. The normalized spacial score (nSPS) is 18.3. The molecule has 1 aromatic heterocycles. The van der Waals surface area contributed by atoms with Gasteiger partial charge in [-0.2, -0.15) is 0 Å². The van der Waals surface area contributed by atoms with Gasteiger partial charge in [-0.25, -0.2) is 4.98 Å². The SMILES string of the molecule is O=Cc1nc(C2OCCO2)cs1. The number of thiazole rings is 1. The van der Waals surface area contributed by atoms with Crippen LogP contribution in [0.2, 0.25) is 0 Å². The van der Waals surface area contributed by atoms with Crippen molar-refractivity contribution < 1.29 is 14.3 Å². The van der Waals surface area contributed by atoms with Gasteiger partial charge in [0.2, 0.25) is 6.29 Å². The summed E-state index contributed by atoms with van der Waals surface area (Å²) in [6, 6.07) is 0. The van der Waals surface area contributed by atoms with Crippen LogP contribution < -0.4 is 0 Å². The standard InChI is InChI=1S/C7H7NO3S/c9-3-6-8-5(4-12-6)7-10-1-2-11-7/h3-4,7H,1-2H2. The number of hydrogen-bond donors (Lipinski definition) is 0. The largest absolute Gasteiger partial charge is 0.345 e. The molecule has 0 bridgehead atoms. The predicted octanol–water partition coefficient (Wildman–Crippen LogP) is 1.00. The van der Waals surface area contributed by atoms with Crippen LogP contribution in [-0.4, -0.2) is 24.5 Å². The zero-order chi connectivity index (χ0) is 8.39. The average molecular weight is 185 g/mol. The van der Waals surface area contributed by atoms with Gasteiger partial charge >= 0.3 is 0 Å². The Morgan fingerprint density at radius 1 is 1.58 bits per heavy atom. The van der Waals surface area contributed by atoms with Gasteiger partial charge in [0.05, 0.1) is 13.2 Å². The van der Waals surface area contributed by atoms with Gasteiger partial charge in [-0.3, -0.25) is 4.79 Å². The van der Waals surface area contributed by atoms with Crippen LogP contribution in [-0.2, 0) is 9.47 Å². The topological polar surface area (TPSA) is 48.4 Å². The maximum Gasteiger partial charge on any atom is 0.202 e. The zero-order valence-corrected chi connectivity index (χ0v) is 7.04. The number of carbonyl (C=O) groups is 1. The summed E-state index contributed by atoms with van der Waals surface area (Å²) in [6.07, 6.45) is 0.360. The number of ether oxygens (including phenoxy) is 2. The lowest BCUT2D eigenvalue weighted by Gasteiger charge is -2.03. The number of aromatic nitrogens is 1. The van der Waals surface area contributed by atoms with E-state index in [2.05, 4.69) is 4.98 Å². The highest BCUT2D eigenvalue weighted by atomic mass is 32.1. The summed E-state index contributed by atoms with van der Waals surface area (Å²) >= 11 is 1.30. The summed E-state index contributed by atoms with van der Waals surface area (Å²) in [7, 11) is 0. The number of rotatable bonds is 2. The molecular formula is C7H7NO3S. The molecule has 0 radical (unpaired) electrons. The summed E-state index contributed by atoms with van der Waals surface area (Å²) in [5.41, 5.74) is 0.694. The third kappa shape index (κ3) is 1.38. The van der Waals surface area contributed by atoms with Crippen LogP contribution in [0, 0.1) is 0 Å². The van der Waals surface area contributed by atoms with Crippen LogP contribution in [0.4, 0.5) is 0 Å². The van der Waals surface area contributed by atoms with Gasteiger partial charge in [0.15, 0.2) is 11.3 Å². The van der Waals surface area contributed by atoms with E-state index in [1.165, 1.54) is 11.3 Å². The maximum atomic E-state index is 10.3. The second kappa shape index (κ2) is 3.30. The molecule has 2 rings (SSSR count). The molecule has 0 saturated carbocycles. The van der Waals surface area contributed by atoms with Crippen LogP contribution in [0.3, 0.4) is 0 Å². The van der Waals surface area contributed by atoms with E-state index in [0.29, 0.717) is 23.9 Å². The van der Waals surface area contributed by atoms with E-state index < -0.39 is 0 Å². The third-order valence-electron chi connectivity index (χ3n) is 1.50. The molecule has 0 atom stereocenters. The Morgan fingerprint density at radius 3 is 2.92 bits per heavy atom. The minimum absolute atomic E-state index is 0.366. The van der Waals surface area contributed by atoms with Gasteiger partial charge in [0.1, 0.15) is 5.69 Å². The van der Waals surface area contributed by atoms with Crippen LogP contribution in [0.15, 0.2) is 5.38 Å². The van der Waals surface area contributed by atoms with Crippen LogP contribution in [0.5, 0.6) is 0 Å². The van der Waals surface area contributed by atoms with Gasteiger partial charge in [-0.15, -0.1) is 11.3 Å². The lowest BCUT2D eigenvalue weighted by Crippen LogP contribution is -1.98. The average Bonchev–Trinajstić information content (AvgIpc) is 2.75. The predicted molar refractivity (Wildman–Crippen MR) is 42.1 cm³/mol. The molecule has 64 valence electrons. The van der Waals surface area contributed by atoms with Crippen molar-refractivity contribution in [1.82, 2.24) is 4.98 Å². The highest BCUT2D eigenvalue weighted by molar-refractivity contribution is 7.11. The molecule has 2 heterocycles. The first kappa shape index (κ1) is 7.85. The van der Waals surface area contributed by atoms with Crippen molar-refractivity contribution in [1.29, 1.82) is 0 Å². The van der Waals surface area contributed by atoms with Crippen LogP contribution in [0.1, 0.15) is 21.8 Å². The van der Waals surface area contributed by atoms with Gasteiger partial charge in [-0.1, -0.05) is 0 Å². The second-order valence-corrected chi connectivity index (χ2v) is 3.19. The first-order valence-corrected chi connectivity index (χ1v) is 4.42. The molecule has 0 N–H and O–H groups in total. The molecule has 0 aromatic carbocycles. The molecule has 1 saturated heterocycles. The second-order valence-electron chi connectivity index (χ2n) is 2.30. The Morgan fingerprint density at radius 2 is 2.33 bits per heavy atom. The van der Waals surface area contributed by atoms with Crippen LogP contribution >= 0.6 is 11.3 Å². The van der Waals surface area contributed by atoms with Gasteiger partial charge in [-0.05, 0) is 0 Å². The lowest BCUT2D eigenvalue weighted by atomic mass is 10.5. The van der Waals surface area contributed by atoms with Crippen molar-refractivity contribution in [3.63, 3.8) is 0 Å². The van der Waals surface area contributed by atoms with E-state index in [-0.39, 0.29) is 6.29 Å². The fraction of sp³-hybridized carbons (Fsp3) is 0.429. The summed E-state index contributed by atoms with van der Waals surface area (Å²) in [5.74, 6) is 0. The van der Waals surface area contributed by atoms with Crippen molar-refractivity contribution in [3.05, 3.63) is 16.1 Å². The van der Waals surface area contributed by atoms with E-state index in [9.17, 15) is 4.79 Å². The van der Waals surface area contributed by atoms with Gasteiger partial charge < -0.3 is 9.47 Å². The zero-order valence-electron chi connectivity index (χ0n) is 6.23. The minimum Gasteiger partial charge on any atom is -0.345 e. The van der Waals surface area contributed by atoms with Crippen molar-refractivity contribution in [2.24, 2.45) is 0 Å². The van der Waals surface area contributed by atoms with E-state index in [4.69, 9.17) is 9.47 Å². The first-order chi connectivity index (χ1) is 5.90. The molecule has 1 aromatic rings. The van der Waals surface area contributed by atoms with E-state index >= 15 is 0 Å². The van der Waals surface area contributed by atoms with Crippen molar-refractivity contribution in [2.75, 3.05) is 13.2 Å². The molecule has 0 aliphatic carbocycles. The number of hydrogen-bond acceptors (Lipinski definition) is 5. The summed E-state index contributed by atoms with van der Waals surface area (Å²) in [4.78, 5) is 14.3. The molecule has 5 heteroatoms. The Bertz CT molecular complexity index is 280. The monoisotopic (exact) mass is 185 g/mol. The Labute approximate surface area is 73.1 Å². The van der Waals surface area contributed by atoms with Gasteiger partial charge in [0, 0.05) is 5.38 Å². The Kier molecular flexibility index (Phi) is 2.16. The highest BCUT2D eigenvalue weighted by Gasteiger charge is 2.20. The highest BCUT2D eigenvalue weighted by Crippen LogP contribution is 2.23. The van der Waals surface area contributed by atoms with E-state index in [1.807, 2.05) is 0 Å². The molecule has 0 spiro atoms. The Balaban J connectivity index is 2.16. The van der Waals surface area contributed by atoms with Crippen molar-refractivity contribution >= 4 is 17.6 Å². The van der Waals surface area contributed by atoms with Crippen LogP contribution in [0.25, 0.3) is 0 Å².